The maximum Gasteiger partial charge on any atom is 0.227 e. The molecule has 2 saturated carbocycles. The van der Waals surface area contributed by atoms with Crippen LogP contribution in [0.1, 0.15) is 73.8 Å². The van der Waals surface area contributed by atoms with Crippen molar-refractivity contribution in [1.82, 2.24) is 0 Å². The van der Waals surface area contributed by atoms with Crippen LogP contribution in [0.4, 0.5) is 0 Å². The molecule has 6 rings (SSSR count). The lowest BCUT2D eigenvalue weighted by Gasteiger charge is -2.40. The molecule has 2 N–H and O–H groups in total. The highest BCUT2D eigenvalue weighted by molar-refractivity contribution is 7.92. The third kappa shape index (κ3) is 5.12. The molecule has 3 aromatic rings. The summed E-state index contributed by atoms with van der Waals surface area (Å²) in [5, 5.41) is -0.301. The van der Waals surface area contributed by atoms with Crippen molar-refractivity contribution in [3.05, 3.63) is 102 Å². The maximum absolute atomic E-state index is 13.0. The highest BCUT2D eigenvalue weighted by atomic mass is 32.2. The lowest BCUT2D eigenvalue weighted by molar-refractivity contribution is -0.180. The molecule has 8 heteroatoms. The molecule has 0 bridgehead atoms. The maximum atomic E-state index is 13.0. The number of amides is 1. The lowest BCUT2D eigenvalue weighted by atomic mass is 9.73. The summed E-state index contributed by atoms with van der Waals surface area (Å²) in [6, 6.07) is 26.8. The Labute approximate surface area is 241 Å². The minimum Gasteiger partial charge on any atom is -0.377 e. The van der Waals surface area contributed by atoms with Crippen molar-refractivity contribution < 1.29 is 27.4 Å². The molecule has 1 amide bonds. The Morgan fingerprint density at radius 3 is 1.90 bits per heavy atom. The topological polar surface area (TPSA) is 105 Å². The zero-order valence-corrected chi connectivity index (χ0v) is 24.3. The average molecular weight is 576 g/mol. The molecule has 2 aliphatic carbocycles. The van der Waals surface area contributed by atoms with Gasteiger partial charge in [-0.25, -0.2) is 8.42 Å². The number of hydrogen-bond acceptors (Lipinski definition) is 6. The Hall–Kier alpha value is -3.04. The van der Waals surface area contributed by atoms with E-state index in [1.165, 1.54) is 0 Å². The molecular formula is C33H37NO6S. The Bertz CT molecular complexity index is 1440. The van der Waals surface area contributed by atoms with E-state index in [4.69, 9.17) is 19.9 Å². The van der Waals surface area contributed by atoms with Gasteiger partial charge in [-0.15, -0.1) is 0 Å². The fraction of sp³-hybridized carbons (Fsp3) is 0.424. The molecule has 0 radical (unpaired) electrons. The van der Waals surface area contributed by atoms with E-state index in [1.54, 1.807) is 31.4 Å². The summed E-state index contributed by atoms with van der Waals surface area (Å²) in [5.74, 6) is -2.26. The Morgan fingerprint density at radius 1 is 0.902 bits per heavy atom. The van der Waals surface area contributed by atoms with Crippen molar-refractivity contribution in [2.75, 3.05) is 7.11 Å². The van der Waals surface area contributed by atoms with Gasteiger partial charge in [0.25, 0.3) is 0 Å². The van der Waals surface area contributed by atoms with E-state index in [9.17, 15) is 13.2 Å². The summed E-state index contributed by atoms with van der Waals surface area (Å²) in [6.07, 6.45) is 2.72. The van der Waals surface area contributed by atoms with Gasteiger partial charge in [0, 0.05) is 20.0 Å². The molecule has 216 valence electrons. The minimum atomic E-state index is -3.34. The zero-order valence-electron chi connectivity index (χ0n) is 23.4. The van der Waals surface area contributed by atoms with Gasteiger partial charge in [0.05, 0.1) is 21.7 Å². The molecule has 1 heterocycles. The number of sulfone groups is 1. The van der Waals surface area contributed by atoms with E-state index in [1.807, 2.05) is 43.3 Å². The van der Waals surface area contributed by atoms with Crippen LogP contribution in [0.25, 0.3) is 0 Å². The molecule has 41 heavy (non-hydrogen) atoms. The van der Waals surface area contributed by atoms with Gasteiger partial charge in [0.15, 0.2) is 15.6 Å². The first kappa shape index (κ1) is 28.1. The van der Waals surface area contributed by atoms with Gasteiger partial charge in [-0.2, -0.15) is 0 Å². The van der Waals surface area contributed by atoms with Crippen LogP contribution >= 0.6 is 0 Å². The second-order valence-electron chi connectivity index (χ2n) is 11.8. The van der Waals surface area contributed by atoms with Gasteiger partial charge in [0.1, 0.15) is 12.2 Å². The Kier molecular flexibility index (Phi) is 7.30. The molecule has 7 nitrogen and oxygen atoms in total. The molecule has 5 atom stereocenters. The summed E-state index contributed by atoms with van der Waals surface area (Å²) in [6.45, 7) is 1.92. The van der Waals surface area contributed by atoms with E-state index < -0.39 is 33.1 Å². The molecular weight excluding hydrogens is 538 g/mol. The van der Waals surface area contributed by atoms with E-state index >= 15 is 0 Å². The van der Waals surface area contributed by atoms with Crippen LogP contribution < -0.4 is 5.73 Å². The largest absolute Gasteiger partial charge is 0.377 e. The molecule has 3 aliphatic rings. The number of hydrogen-bond donors (Lipinski definition) is 1. The smallest absolute Gasteiger partial charge is 0.227 e. The predicted molar refractivity (Wildman–Crippen MR) is 155 cm³/mol. The second-order valence-corrected chi connectivity index (χ2v) is 14.0. The summed E-state index contributed by atoms with van der Waals surface area (Å²) in [4.78, 5) is 13.3. The van der Waals surface area contributed by atoms with E-state index in [0.717, 1.165) is 11.1 Å². The average Bonchev–Trinajstić information content (AvgIpc) is 3.68. The molecule has 1 spiro atoms. The Morgan fingerprint density at radius 2 is 1.44 bits per heavy atom. The fourth-order valence-corrected chi connectivity index (χ4v) is 8.44. The number of primary amides is 1. The summed E-state index contributed by atoms with van der Waals surface area (Å²) < 4.78 is 45.2. The van der Waals surface area contributed by atoms with Gasteiger partial charge in [0.2, 0.25) is 5.91 Å². The third-order valence-electron chi connectivity index (χ3n) is 9.26. The predicted octanol–water partition coefficient (Wildman–Crippen LogP) is 5.62. The molecule has 3 aromatic carbocycles. The highest BCUT2D eigenvalue weighted by Crippen LogP contribution is 2.57. The first-order chi connectivity index (χ1) is 19.7. The number of carbonyl (C=O) groups excluding carboxylic acids is 1. The van der Waals surface area contributed by atoms with Crippen molar-refractivity contribution in [3.63, 3.8) is 0 Å². The van der Waals surface area contributed by atoms with E-state index in [0.29, 0.717) is 37.7 Å². The van der Waals surface area contributed by atoms with Crippen molar-refractivity contribution in [1.29, 1.82) is 0 Å². The highest BCUT2D eigenvalue weighted by Gasteiger charge is 2.58. The zero-order chi connectivity index (χ0) is 28.8. The molecule has 1 aliphatic heterocycles. The van der Waals surface area contributed by atoms with Crippen LogP contribution in [0.3, 0.4) is 0 Å². The molecule has 0 aromatic heterocycles. The van der Waals surface area contributed by atoms with Crippen LogP contribution in [-0.2, 0) is 28.8 Å². The summed E-state index contributed by atoms with van der Waals surface area (Å²) in [5.41, 5.74) is 7.79. The van der Waals surface area contributed by atoms with Gasteiger partial charge in [-0.05, 0) is 60.9 Å². The number of rotatable bonds is 9. The standard InChI is InChI=1S/C33H37NO6S/c1-32(38-2,28(31(34)35)22-13-15-26(16-14-22)41(36,37)27-17-18-27)25-19-20-33(21-25)39-29(23-9-5-3-6-10-23)30(40-33)24-11-7-4-8-12-24/h3-16,25,27-30H,17-21H2,1-2H3,(H2,34,35). The quantitative estimate of drug-likeness (QED) is 0.355. The third-order valence-corrected chi connectivity index (χ3v) is 11.5. The van der Waals surface area contributed by atoms with Crippen molar-refractivity contribution in [2.45, 2.75) is 78.7 Å². The monoisotopic (exact) mass is 575 g/mol. The van der Waals surface area contributed by atoms with E-state index in [2.05, 4.69) is 24.3 Å². The first-order valence-electron chi connectivity index (χ1n) is 14.3. The summed E-state index contributed by atoms with van der Waals surface area (Å²) >= 11 is 0. The van der Waals surface area contributed by atoms with Crippen molar-refractivity contribution >= 4 is 15.7 Å². The summed E-state index contributed by atoms with van der Waals surface area (Å²) in [7, 11) is -1.74. The van der Waals surface area contributed by atoms with Crippen LogP contribution in [0, 0.1) is 5.92 Å². The van der Waals surface area contributed by atoms with Crippen LogP contribution in [0.5, 0.6) is 0 Å². The number of carbonyl (C=O) groups is 1. The van der Waals surface area contributed by atoms with Crippen LogP contribution in [-0.4, -0.2) is 38.1 Å². The first-order valence-corrected chi connectivity index (χ1v) is 15.9. The van der Waals surface area contributed by atoms with Crippen molar-refractivity contribution in [2.24, 2.45) is 11.7 Å². The minimum absolute atomic E-state index is 0.106. The SMILES string of the molecule is COC(C)(C1CCC2(C1)OC(c1ccccc1)C(c1ccccc1)O2)C(C(N)=O)c1ccc(S(=O)(=O)C2CC2)cc1. The van der Waals surface area contributed by atoms with Gasteiger partial charge >= 0.3 is 0 Å². The molecule has 1 saturated heterocycles. The molecule has 5 unspecified atom stereocenters. The van der Waals surface area contributed by atoms with Gasteiger partial charge < -0.3 is 19.9 Å². The number of benzene rings is 3. The Balaban J connectivity index is 1.28. The van der Waals surface area contributed by atoms with Gasteiger partial charge in [-0.3, -0.25) is 4.79 Å². The van der Waals surface area contributed by atoms with Crippen molar-refractivity contribution in [3.8, 4) is 0 Å². The van der Waals surface area contributed by atoms with Crippen LogP contribution in [0.15, 0.2) is 89.8 Å². The lowest BCUT2D eigenvalue weighted by Crippen LogP contribution is -2.48. The molecule has 3 fully saturated rings. The number of ether oxygens (including phenoxy) is 3. The fourth-order valence-electron chi connectivity index (χ4n) is 6.78. The second kappa shape index (κ2) is 10.7. The van der Waals surface area contributed by atoms with E-state index in [-0.39, 0.29) is 28.3 Å². The van der Waals surface area contributed by atoms with Gasteiger partial charge in [-0.1, -0.05) is 72.8 Å². The number of methoxy groups -OCH3 is 1. The van der Waals surface area contributed by atoms with Crippen LogP contribution in [0.2, 0.25) is 0 Å². The number of nitrogens with two attached hydrogens (primary N) is 1. The normalized spacial score (nSPS) is 28.4.